The summed E-state index contributed by atoms with van der Waals surface area (Å²) < 4.78 is 5.98. The summed E-state index contributed by atoms with van der Waals surface area (Å²) in [5.41, 5.74) is 4.62. The van der Waals surface area contributed by atoms with Crippen LogP contribution < -0.4 is 10.1 Å². The van der Waals surface area contributed by atoms with E-state index in [4.69, 9.17) is 4.74 Å². The molecule has 0 saturated carbocycles. The van der Waals surface area contributed by atoms with Crippen molar-refractivity contribution in [1.82, 2.24) is 5.32 Å². The molecule has 0 aliphatic rings. The van der Waals surface area contributed by atoms with Gasteiger partial charge in [-0.1, -0.05) is 49.7 Å². The van der Waals surface area contributed by atoms with Crippen LogP contribution >= 0.6 is 0 Å². The number of nitrogens with one attached hydrogen (secondary N) is 1. The summed E-state index contributed by atoms with van der Waals surface area (Å²) in [5.74, 6) is 0.692. The average molecular weight is 339 g/mol. The smallest absolute Gasteiger partial charge is 0.261 e. The fraction of sp³-hybridized carbons (Fsp3) is 0.409. The van der Waals surface area contributed by atoms with Crippen LogP contribution in [0.2, 0.25) is 0 Å². The van der Waals surface area contributed by atoms with Crippen molar-refractivity contribution in [3.8, 4) is 5.75 Å². The van der Waals surface area contributed by atoms with Crippen molar-refractivity contribution >= 4 is 5.91 Å². The molecule has 0 aliphatic heterocycles. The van der Waals surface area contributed by atoms with Gasteiger partial charge in [-0.25, -0.2) is 0 Å². The van der Waals surface area contributed by atoms with Crippen LogP contribution in [0.3, 0.4) is 0 Å². The molecule has 0 fully saturated rings. The van der Waals surface area contributed by atoms with E-state index >= 15 is 0 Å². The third-order valence-corrected chi connectivity index (χ3v) is 4.34. The van der Waals surface area contributed by atoms with Crippen LogP contribution in [0.5, 0.6) is 5.75 Å². The van der Waals surface area contributed by atoms with Gasteiger partial charge in [0.2, 0.25) is 0 Å². The summed E-state index contributed by atoms with van der Waals surface area (Å²) in [7, 11) is 0. The molecule has 2 aromatic rings. The number of carbonyl (C=O) groups is 1. The topological polar surface area (TPSA) is 38.3 Å². The molecule has 3 nitrogen and oxygen atoms in total. The summed E-state index contributed by atoms with van der Waals surface area (Å²) in [6, 6.07) is 14.4. The Morgan fingerprint density at radius 3 is 2.04 bits per heavy atom. The van der Waals surface area contributed by atoms with E-state index in [9.17, 15) is 4.79 Å². The van der Waals surface area contributed by atoms with Crippen LogP contribution in [0, 0.1) is 20.8 Å². The third kappa shape index (κ3) is 5.35. The number of amides is 1. The molecule has 1 amide bonds. The van der Waals surface area contributed by atoms with E-state index in [0.29, 0.717) is 6.42 Å². The van der Waals surface area contributed by atoms with E-state index in [1.54, 1.807) is 0 Å². The van der Waals surface area contributed by atoms with Gasteiger partial charge in [-0.2, -0.15) is 0 Å². The predicted octanol–water partition coefficient (Wildman–Crippen LogP) is 5.04. The van der Waals surface area contributed by atoms with E-state index in [2.05, 4.69) is 49.5 Å². The molecule has 2 aromatic carbocycles. The highest BCUT2D eigenvalue weighted by Crippen LogP contribution is 2.21. The summed E-state index contributed by atoms with van der Waals surface area (Å²) >= 11 is 0. The molecule has 0 unspecified atom stereocenters. The second kappa shape index (κ2) is 8.70. The highest BCUT2D eigenvalue weighted by molar-refractivity contribution is 5.81. The lowest BCUT2D eigenvalue weighted by Gasteiger charge is -2.23. The normalized spacial score (nSPS) is 13.2. The lowest BCUT2D eigenvalue weighted by atomic mass is 10.0. The SMILES string of the molecule is CC[C@H](NC(=O)[C@@H](CC)Oc1cc(C)cc(C)c1)c1ccc(C)cc1. The summed E-state index contributed by atoms with van der Waals surface area (Å²) in [6.45, 7) is 10.2. The van der Waals surface area contributed by atoms with Crippen LogP contribution in [-0.4, -0.2) is 12.0 Å². The first-order valence-corrected chi connectivity index (χ1v) is 9.04. The van der Waals surface area contributed by atoms with Gasteiger partial charge in [0, 0.05) is 0 Å². The van der Waals surface area contributed by atoms with Crippen LogP contribution in [0.1, 0.15) is 55.0 Å². The van der Waals surface area contributed by atoms with E-state index in [1.807, 2.05) is 32.9 Å². The highest BCUT2D eigenvalue weighted by atomic mass is 16.5. The minimum atomic E-state index is -0.485. The summed E-state index contributed by atoms with van der Waals surface area (Å²) in [6.07, 6.45) is 0.985. The molecule has 0 aromatic heterocycles. The van der Waals surface area contributed by atoms with Crippen LogP contribution in [0.25, 0.3) is 0 Å². The van der Waals surface area contributed by atoms with Crippen molar-refractivity contribution in [2.24, 2.45) is 0 Å². The van der Waals surface area contributed by atoms with Crippen molar-refractivity contribution in [2.45, 2.75) is 59.6 Å². The minimum Gasteiger partial charge on any atom is -0.481 e. The zero-order valence-corrected chi connectivity index (χ0v) is 15.9. The van der Waals surface area contributed by atoms with E-state index in [1.165, 1.54) is 5.56 Å². The second-order valence-corrected chi connectivity index (χ2v) is 6.72. The summed E-state index contributed by atoms with van der Waals surface area (Å²) in [4.78, 5) is 12.7. The third-order valence-electron chi connectivity index (χ3n) is 4.34. The van der Waals surface area contributed by atoms with Crippen molar-refractivity contribution < 1.29 is 9.53 Å². The fourth-order valence-electron chi connectivity index (χ4n) is 2.97. The Hall–Kier alpha value is -2.29. The van der Waals surface area contributed by atoms with Crippen molar-refractivity contribution in [2.75, 3.05) is 0 Å². The molecule has 1 N–H and O–H groups in total. The molecule has 0 spiro atoms. The standard InChI is InChI=1S/C22H29NO2/c1-6-20(18-10-8-15(3)9-11-18)23-22(24)21(7-2)25-19-13-16(4)12-17(5)14-19/h8-14,20-21H,6-7H2,1-5H3,(H,23,24)/t20-,21+/m0/s1. The highest BCUT2D eigenvalue weighted by Gasteiger charge is 2.22. The zero-order valence-electron chi connectivity index (χ0n) is 15.9. The van der Waals surface area contributed by atoms with Gasteiger partial charge in [-0.05, 0) is 62.4 Å². The van der Waals surface area contributed by atoms with Gasteiger partial charge < -0.3 is 10.1 Å². The number of aryl methyl sites for hydroxylation is 3. The number of hydrogen-bond donors (Lipinski definition) is 1. The Balaban J connectivity index is 2.08. The molecule has 2 atom stereocenters. The first-order chi connectivity index (χ1) is 11.9. The first-order valence-electron chi connectivity index (χ1n) is 9.04. The molecule has 3 heteroatoms. The van der Waals surface area contributed by atoms with Crippen molar-refractivity contribution in [1.29, 1.82) is 0 Å². The quantitative estimate of drug-likeness (QED) is 0.768. The second-order valence-electron chi connectivity index (χ2n) is 6.72. The van der Waals surface area contributed by atoms with E-state index in [0.717, 1.165) is 28.9 Å². The lowest BCUT2D eigenvalue weighted by Crippen LogP contribution is -2.40. The van der Waals surface area contributed by atoms with Crippen LogP contribution in [-0.2, 0) is 4.79 Å². The number of ether oxygens (including phenoxy) is 1. The van der Waals surface area contributed by atoms with Gasteiger partial charge in [0.25, 0.3) is 5.91 Å². The van der Waals surface area contributed by atoms with Gasteiger partial charge in [0.05, 0.1) is 6.04 Å². The fourth-order valence-corrected chi connectivity index (χ4v) is 2.97. The van der Waals surface area contributed by atoms with Crippen LogP contribution in [0.15, 0.2) is 42.5 Å². The molecular formula is C22H29NO2. The minimum absolute atomic E-state index is 0.00463. The van der Waals surface area contributed by atoms with Crippen LogP contribution in [0.4, 0.5) is 0 Å². The maximum atomic E-state index is 12.7. The van der Waals surface area contributed by atoms with Gasteiger partial charge in [-0.3, -0.25) is 4.79 Å². The van der Waals surface area contributed by atoms with E-state index in [-0.39, 0.29) is 11.9 Å². The van der Waals surface area contributed by atoms with Gasteiger partial charge >= 0.3 is 0 Å². The maximum Gasteiger partial charge on any atom is 0.261 e. The van der Waals surface area contributed by atoms with Crippen molar-refractivity contribution in [3.05, 3.63) is 64.7 Å². The van der Waals surface area contributed by atoms with Gasteiger partial charge in [-0.15, -0.1) is 0 Å². The Kier molecular flexibility index (Phi) is 6.63. The number of carbonyl (C=O) groups excluding carboxylic acids is 1. The molecule has 0 radical (unpaired) electrons. The average Bonchev–Trinajstić information content (AvgIpc) is 2.57. The lowest BCUT2D eigenvalue weighted by molar-refractivity contribution is -0.128. The predicted molar refractivity (Wildman–Crippen MR) is 103 cm³/mol. The molecule has 2 rings (SSSR count). The molecule has 0 aliphatic carbocycles. The van der Waals surface area contributed by atoms with Gasteiger partial charge in [0.1, 0.15) is 5.75 Å². The molecular weight excluding hydrogens is 310 g/mol. The Morgan fingerprint density at radius 1 is 0.920 bits per heavy atom. The molecule has 134 valence electrons. The maximum absolute atomic E-state index is 12.7. The monoisotopic (exact) mass is 339 g/mol. The van der Waals surface area contributed by atoms with Crippen molar-refractivity contribution in [3.63, 3.8) is 0 Å². The Labute approximate surface area is 151 Å². The number of benzene rings is 2. The summed E-state index contributed by atoms with van der Waals surface area (Å²) in [5, 5.41) is 3.14. The Morgan fingerprint density at radius 2 is 1.52 bits per heavy atom. The number of hydrogen-bond acceptors (Lipinski definition) is 2. The van der Waals surface area contributed by atoms with Gasteiger partial charge in [0.15, 0.2) is 6.10 Å². The Bertz CT molecular complexity index is 686. The molecule has 0 heterocycles. The molecule has 25 heavy (non-hydrogen) atoms. The largest absolute Gasteiger partial charge is 0.481 e. The molecule has 0 bridgehead atoms. The number of rotatable bonds is 7. The molecule has 0 saturated heterocycles. The van der Waals surface area contributed by atoms with E-state index < -0.39 is 6.10 Å². The zero-order chi connectivity index (χ0) is 18.4. The first kappa shape index (κ1) is 19.0.